The molecule has 0 N–H and O–H groups in total. The molecule has 8 heteroatoms. The van der Waals surface area contributed by atoms with Crippen molar-refractivity contribution in [3.05, 3.63) is 59.9 Å². The summed E-state index contributed by atoms with van der Waals surface area (Å²) in [6, 6.07) is 12.9. The molecule has 1 unspecified atom stereocenters. The van der Waals surface area contributed by atoms with Gasteiger partial charge in [-0.3, -0.25) is 9.10 Å². The fraction of sp³-hybridized carbons (Fsp3) is 0.409. The topological polar surface area (TPSA) is 60.9 Å². The number of carbonyl (C=O) groups excluding carboxylic acids is 1. The monoisotopic (exact) mass is 433 g/mol. The van der Waals surface area contributed by atoms with E-state index in [-0.39, 0.29) is 11.7 Å². The predicted molar refractivity (Wildman–Crippen MR) is 118 cm³/mol. The smallest absolute Gasteiger partial charge is 0.246 e. The number of sulfonamides is 1. The molecule has 2 aromatic rings. The minimum Gasteiger partial charge on any atom is -0.366 e. The number of amides is 1. The molecule has 0 bridgehead atoms. The largest absolute Gasteiger partial charge is 0.366 e. The zero-order valence-corrected chi connectivity index (χ0v) is 18.4. The lowest BCUT2D eigenvalue weighted by atomic mass is 10.1. The summed E-state index contributed by atoms with van der Waals surface area (Å²) in [6.45, 7) is 5.43. The van der Waals surface area contributed by atoms with Gasteiger partial charge in [-0.25, -0.2) is 12.8 Å². The number of benzene rings is 2. The van der Waals surface area contributed by atoms with Crippen molar-refractivity contribution in [3.63, 3.8) is 0 Å². The number of hydrogen-bond donors (Lipinski definition) is 0. The fourth-order valence-electron chi connectivity index (χ4n) is 3.82. The second kappa shape index (κ2) is 9.04. The van der Waals surface area contributed by atoms with Gasteiger partial charge in [-0.1, -0.05) is 31.2 Å². The Bertz CT molecular complexity index is 987. The number of carbonyl (C=O) groups is 1. The number of hydrogen-bond acceptors (Lipinski definition) is 4. The van der Waals surface area contributed by atoms with Gasteiger partial charge in [0.05, 0.1) is 17.6 Å². The van der Waals surface area contributed by atoms with Crippen LogP contribution < -0.4 is 9.21 Å². The molecule has 1 amide bonds. The molecule has 30 heavy (non-hydrogen) atoms. The first-order valence-corrected chi connectivity index (χ1v) is 11.9. The fourth-order valence-corrected chi connectivity index (χ4v) is 4.99. The highest BCUT2D eigenvalue weighted by atomic mass is 32.2. The molecule has 1 fully saturated rings. The Morgan fingerprint density at radius 3 is 2.20 bits per heavy atom. The number of halogens is 1. The average molecular weight is 434 g/mol. The quantitative estimate of drug-likeness (QED) is 0.703. The van der Waals surface area contributed by atoms with E-state index in [0.29, 0.717) is 37.6 Å². The van der Waals surface area contributed by atoms with Crippen molar-refractivity contribution in [2.75, 3.05) is 41.6 Å². The van der Waals surface area contributed by atoms with Gasteiger partial charge in [-0.05, 0) is 43.2 Å². The second-order valence-corrected chi connectivity index (χ2v) is 9.38. The molecule has 1 aliphatic rings. The number of para-hydroxylation sites is 1. The third-order valence-corrected chi connectivity index (χ3v) is 6.69. The van der Waals surface area contributed by atoms with Crippen molar-refractivity contribution in [2.24, 2.45) is 0 Å². The molecule has 162 valence electrons. The van der Waals surface area contributed by atoms with Crippen LogP contribution in [0, 0.1) is 5.82 Å². The summed E-state index contributed by atoms with van der Waals surface area (Å²) in [5, 5.41) is 0. The third-order valence-electron chi connectivity index (χ3n) is 5.45. The van der Waals surface area contributed by atoms with Gasteiger partial charge in [0.15, 0.2) is 0 Å². The van der Waals surface area contributed by atoms with Gasteiger partial charge in [-0.15, -0.1) is 0 Å². The third kappa shape index (κ3) is 4.75. The van der Waals surface area contributed by atoms with Gasteiger partial charge in [0.1, 0.15) is 11.9 Å². The SMILES string of the molecule is CCc1ccc(N(C(C)C(=O)N2CCN(c3ccccc3F)CC2)S(C)(=O)=O)cc1. The molecule has 2 aromatic carbocycles. The van der Waals surface area contributed by atoms with E-state index < -0.39 is 16.1 Å². The summed E-state index contributed by atoms with van der Waals surface area (Å²) >= 11 is 0. The van der Waals surface area contributed by atoms with E-state index in [9.17, 15) is 17.6 Å². The molecule has 0 aliphatic carbocycles. The maximum atomic E-state index is 14.0. The van der Waals surface area contributed by atoms with E-state index in [1.54, 1.807) is 42.2 Å². The van der Waals surface area contributed by atoms with Crippen molar-refractivity contribution >= 4 is 27.3 Å². The van der Waals surface area contributed by atoms with Crippen LogP contribution in [-0.2, 0) is 21.2 Å². The Morgan fingerprint density at radius 1 is 1.07 bits per heavy atom. The van der Waals surface area contributed by atoms with Crippen LogP contribution in [0.5, 0.6) is 0 Å². The van der Waals surface area contributed by atoms with Gasteiger partial charge < -0.3 is 9.80 Å². The molecule has 0 spiro atoms. The van der Waals surface area contributed by atoms with Gasteiger partial charge >= 0.3 is 0 Å². The molecule has 6 nitrogen and oxygen atoms in total. The van der Waals surface area contributed by atoms with Gasteiger partial charge in [0.2, 0.25) is 15.9 Å². The number of nitrogens with zero attached hydrogens (tertiary/aromatic N) is 3. The van der Waals surface area contributed by atoms with Gasteiger partial charge in [0.25, 0.3) is 0 Å². The van der Waals surface area contributed by atoms with Crippen LogP contribution in [0.25, 0.3) is 0 Å². The average Bonchev–Trinajstić information content (AvgIpc) is 2.73. The summed E-state index contributed by atoms with van der Waals surface area (Å²) < 4.78 is 40.2. The Kier molecular flexibility index (Phi) is 6.65. The first-order valence-electron chi connectivity index (χ1n) is 10.1. The van der Waals surface area contributed by atoms with Crippen LogP contribution in [0.1, 0.15) is 19.4 Å². The van der Waals surface area contributed by atoms with Gasteiger partial charge in [-0.2, -0.15) is 0 Å². The van der Waals surface area contributed by atoms with E-state index >= 15 is 0 Å². The molecular formula is C22H28FN3O3S. The molecule has 0 aromatic heterocycles. The molecule has 3 rings (SSSR count). The summed E-state index contributed by atoms with van der Waals surface area (Å²) in [7, 11) is -3.65. The lowest BCUT2D eigenvalue weighted by molar-refractivity contribution is -0.132. The summed E-state index contributed by atoms with van der Waals surface area (Å²) in [5.74, 6) is -0.544. The normalized spacial score (nSPS) is 15.7. The summed E-state index contributed by atoms with van der Waals surface area (Å²) in [6.07, 6.45) is 1.96. The zero-order chi connectivity index (χ0) is 21.9. The molecule has 1 atom stereocenters. The van der Waals surface area contributed by atoms with E-state index in [1.807, 2.05) is 24.0 Å². The Labute approximate surface area is 177 Å². The van der Waals surface area contributed by atoms with E-state index in [1.165, 1.54) is 10.4 Å². The lowest BCUT2D eigenvalue weighted by Crippen LogP contribution is -2.55. The first kappa shape index (κ1) is 22.1. The maximum Gasteiger partial charge on any atom is 0.246 e. The van der Waals surface area contributed by atoms with Crippen LogP contribution in [0.2, 0.25) is 0 Å². The lowest BCUT2D eigenvalue weighted by Gasteiger charge is -2.39. The number of anilines is 2. The minimum atomic E-state index is -3.65. The molecule has 1 saturated heterocycles. The molecule has 0 radical (unpaired) electrons. The van der Waals surface area contributed by atoms with Crippen molar-refractivity contribution in [1.29, 1.82) is 0 Å². The summed E-state index contributed by atoms with van der Waals surface area (Å²) in [4.78, 5) is 16.7. The highest BCUT2D eigenvalue weighted by molar-refractivity contribution is 7.92. The van der Waals surface area contributed by atoms with Gasteiger partial charge in [0, 0.05) is 26.2 Å². The van der Waals surface area contributed by atoms with Crippen LogP contribution in [0.4, 0.5) is 15.8 Å². The zero-order valence-electron chi connectivity index (χ0n) is 17.6. The van der Waals surface area contributed by atoms with Crippen molar-refractivity contribution in [2.45, 2.75) is 26.3 Å². The van der Waals surface area contributed by atoms with E-state index in [0.717, 1.165) is 18.2 Å². The van der Waals surface area contributed by atoms with Crippen molar-refractivity contribution in [3.8, 4) is 0 Å². The van der Waals surface area contributed by atoms with Crippen molar-refractivity contribution in [1.82, 2.24) is 4.90 Å². The number of aryl methyl sites for hydroxylation is 1. The van der Waals surface area contributed by atoms with E-state index in [2.05, 4.69) is 0 Å². The van der Waals surface area contributed by atoms with Crippen LogP contribution in [0.3, 0.4) is 0 Å². The number of rotatable bonds is 6. The number of piperazine rings is 1. The minimum absolute atomic E-state index is 0.256. The Balaban J connectivity index is 1.73. The molecule has 1 aliphatic heterocycles. The van der Waals surface area contributed by atoms with Crippen molar-refractivity contribution < 1.29 is 17.6 Å². The molecular weight excluding hydrogens is 405 g/mol. The van der Waals surface area contributed by atoms with Crippen LogP contribution in [-0.4, -0.2) is 57.7 Å². The first-order chi connectivity index (χ1) is 14.2. The predicted octanol–water partition coefficient (Wildman–Crippen LogP) is 2.89. The van der Waals surface area contributed by atoms with Crippen LogP contribution >= 0.6 is 0 Å². The highest BCUT2D eigenvalue weighted by Crippen LogP contribution is 2.24. The molecule has 0 saturated carbocycles. The van der Waals surface area contributed by atoms with E-state index in [4.69, 9.17) is 0 Å². The Hall–Kier alpha value is -2.61. The second-order valence-electron chi connectivity index (χ2n) is 7.52. The Morgan fingerprint density at radius 2 is 1.67 bits per heavy atom. The standard InChI is InChI=1S/C22H28FN3O3S/c1-4-18-9-11-19(12-10-18)26(30(3,28)29)17(2)22(27)25-15-13-24(14-16-25)21-8-6-5-7-20(21)23/h5-12,17H,4,13-16H2,1-3H3. The molecule has 1 heterocycles. The van der Waals surface area contributed by atoms with Crippen LogP contribution in [0.15, 0.2) is 48.5 Å². The highest BCUT2D eigenvalue weighted by Gasteiger charge is 2.33. The maximum absolute atomic E-state index is 14.0. The summed E-state index contributed by atoms with van der Waals surface area (Å²) in [5.41, 5.74) is 2.09.